The Labute approximate surface area is 156 Å². The van der Waals surface area contributed by atoms with Crippen LogP contribution in [0.1, 0.15) is 32.3 Å². The van der Waals surface area contributed by atoms with Gasteiger partial charge in [0.15, 0.2) is 11.5 Å². The van der Waals surface area contributed by atoms with Gasteiger partial charge in [-0.15, -0.1) is 0 Å². The highest BCUT2D eigenvalue weighted by molar-refractivity contribution is 5.81. The molecule has 0 radical (unpaired) electrons. The molecule has 1 aliphatic heterocycles. The fraction of sp³-hybridized carbons (Fsp3) is 0.409. The van der Waals surface area contributed by atoms with Crippen LogP contribution in [0.5, 0.6) is 11.5 Å². The van der Waals surface area contributed by atoms with Crippen LogP contribution in [0.15, 0.2) is 53.6 Å². The Morgan fingerprint density at radius 3 is 2.54 bits per heavy atom. The summed E-state index contributed by atoms with van der Waals surface area (Å²) in [4.78, 5) is 4.62. The van der Waals surface area contributed by atoms with E-state index >= 15 is 0 Å². The summed E-state index contributed by atoms with van der Waals surface area (Å²) in [6, 6.07) is 5.78. The van der Waals surface area contributed by atoms with Crippen LogP contribution >= 0.6 is 0 Å². The molecule has 4 nitrogen and oxygen atoms in total. The number of epoxide rings is 1. The zero-order valence-electron chi connectivity index (χ0n) is 16.2. The lowest BCUT2D eigenvalue weighted by molar-refractivity contribution is 0.355. The Balaban J connectivity index is 2.17. The Morgan fingerprint density at radius 2 is 1.96 bits per heavy atom. The van der Waals surface area contributed by atoms with Crippen LogP contribution in [-0.2, 0) is 4.74 Å². The smallest absolute Gasteiger partial charge is 0.161 e. The fourth-order valence-electron chi connectivity index (χ4n) is 2.78. The molecule has 0 spiro atoms. The van der Waals surface area contributed by atoms with E-state index in [0.717, 1.165) is 36.3 Å². The average molecular weight is 355 g/mol. The molecule has 26 heavy (non-hydrogen) atoms. The summed E-state index contributed by atoms with van der Waals surface area (Å²) in [6.45, 7) is 9.28. The maximum atomic E-state index is 5.39. The monoisotopic (exact) mass is 355 g/mol. The minimum atomic E-state index is 0.138. The van der Waals surface area contributed by atoms with Crippen molar-refractivity contribution in [3.05, 3.63) is 54.1 Å². The van der Waals surface area contributed by atoms with E-state index in [1.165, 1.54) is 0 Å². The molecular formula is C22H29NO3. The van der Waals surface area contributed by atoms with Crippen LogP contribution < -0.4 is 9.47 Å². The molecule has 0 aliphatic carbocycles. The van der Waals surface area contributed by atoms with Crippen LogP contribution in [0, 0.1) is 5.92 Å². The maximum Gasteiger partial charge on any atom is 0.161 e. The summed E-state index contributed by atoms with van der Waals surface area (Å²) in [7, 11) is 3.26. The molecule has 1 saturated heterocycles. The van der Waals surface area contributed by atoms with Crippen molar-refractivity contribution in [2.45, 2.75) is 32.8 Å². The number of ether oxygens (including phenoxy) is 3. The highest BCUT2D eigenvalue weighted by Gasteiger charge is 2.21. The third kappa shape index (κ3) is 5.60. The lowest BCUT2D eigenvalue weighted by Crippen LogP contribution is -1.97. The molecule has 1 aromatic rings. The normalized spacial score (nSPS) is 17.3. The molecule has 1 aliphatic rings. The Bertz CT molecular complexity index is 695. The number of hydrogen-bond donors (Lipinski definition) is 0. The van der Waals surface area contributed by atoms with Gasteiger partial charge in [0.1, 0.15) is 6.10 Å². The van der Waals surface area contributed by atoms with Crippen molar-refractivity contribution in [3.8, 4) is 11.5 Å². The first-order valence-corrected chi connectivity index (χ1v) is 9.08. The van der Waals surface area contributed by atoms with E-state index in [1.54, 1.807) is 20.4 Å². The summed E-state index contributed by atoms with van der Waals surface area (Å²) >= 11 is 0. The van der Waals surface area contributed by atoms with Gasteiger partial charge in [-0.05, 0) is 49.1 Å². The number of rotatable bonds is 10. The van der Waals surface area contributed by atoms with E-state index in [-0.39, 0.29) is 6.10 Å². The van der Waals surface area contributed by atoms with Crippen molar-refractivity contribution < 1.29 is 14.2 Å². The van der Waals surface area contributed by atoms with Crippen LogP contribution in [-0.4, -0.2) is 33.1 Å². The molecule has 1 fully saturated rings. The van der Waals surface area contributed by atoms with E-state index in [4.69, 9.17) is 14.2 Å². The quantitative estimate of drug-likeness (QED) is 0.335. The van der Waals surface area contributed by atoms with Gasteiger partial charge >= 0.3 is 0 Å². The van der Waals surface area contributed by atoms with E-state index in [0.29, 0.717) is 17.4 Å². The second-order valence-electron chi connectivity index (χ2n) is 6.22. The Morgan fingerprint density at radius 1 is 1.27 bits per heavy atom. The molecule has 0 N–H and O–H groups in total. The summed E-state index contributed by atoms with van der Waals surface area (Å²) < 4.78 is 16.0. The lowest BCUT2D eigenvalue weighted by Gasteiger charge is -2.11. The van der Waals surface area contributed by atoms with Gasteiger partial charge in [0.2, 0.25) is 0 Å². The van der Waals surface area contributed by atoms with Crippen molar-refractivity contribution in [2.75, 3.05) is 20.8 Å². The predicted octanol–water partition coefficient (Wildman–Crippen LogP) is 5.06. The highest BCUT2D eigenvalue weighted by atomic mass is 16.6. The van der Waals surface area contributed by atoms with Crippen molar-refractivity contribution in [1.29, 1.82) is 0 Å². The van der Waals surface area contributed by atoms with E-state index < -0.39 is 0 Å². The molecule has 0 amide bonds. The van der Waals surface area contributed by atoms with E-state index in [1.807, 2.05) is 36.4 Å². The standard InChI is InChI=1S/C22H29NO3/c1-6-17(7-2)16(3)9-8-12-23-20(14-19-15-26-19)18-10-11-21(24-4)22(13-18)25-5/h8-14,17,19H,3,6-7,15H2,1-2,4-5H3/b9-8-,20-14-,23-12+. The Hall–Kier alpha value is -2.33. The van der Waals surface area contributed by atoms with Gasteiger partial charge in [0, 0.05) is 11.8 Å². The summed E-state index contributed by atoms with van der Waals surface area (Å²) in [5, 5.41) is 0. The minimum Gasteiger partial charge on any atom is -0.493 e. The predicted molar refractivity (Wildman–Crippen MR) is 108 cm³/mol. The van der Waals surface area contributed by atoms with Crippen molar-refractivity contribution in [3.63, 3.8) is 0 Å². The van der Waals surface area contributed by atoms with Gasteiger partial charge in [0.05, 0.1) is 26.5 Å². The topological polar surface area (TPSA) is 43.4 Å². The maximum absolute atomic E-state index is 5.39. The third-order valence-corrected chi connectivity index (χ3v) is 4.50. The first-order valence-electron chi connectivity index (χ1n) is 9.08. The molecule has 1 aromatic carbocycles. The van der Waals surface area contributed by atoms with Gasteiger partial charge < -0.3 is 14.2 Å². The SMILES string of the molecule is C=C(\C=C/C=N/C(=C\C1CO1)c1ccc(OC)c(OC)c1)C(CC)CC. The van der Waals surface area contributed by atoms with Crippen LogP contribution in [0.4, 0.5) is 0 Å². The van der Waals surface area contributed by atoms with Gasteiger partial charge in [0.25, 0.3) is 0 Å². The largest absolute Gasteiger partial charge is 0.493 e. The number of methoxy groups -OCH3 is 2. The molecule has 140 valence electrons. The first kappa shape index (κ1) is 20.0. The zero-order chi connectivity index (χ0) is 18.9. The fourth-order valence-corrected chi connectivity index (χ4v) is 2.78. The van der Waals surface area contributed by atoms with Crippen LogP contribution in [0.25, 0.3) is 5.70 Å². The van der Waals surface area contributed by atoms with Crippen LogP contribution in [0.3, 0.4) is 0 Å². The zero-order valence-corrected chi connectivity index (χ0v) is 16.2. The molecule has 0 bridgehead atoms. The molecule has 2 rings (SSSR count). The minimum absolute atomic E-state index is 0.138. The van der Waals surface area contributed by atoms with Gasteiger partial charge in [-0.25, -0.2) is 0 Å². The molecule has 0 saturated carbocycles. The second-order valence-corrected chi connectivity index (χ2v) is 6.22. The second kappa shape index (κ2) is 9.97. The summed E-state index contributed by atoms with van der Waals surface area (Å²) in [5.74, 6) is 1.91. The summed E-state index contributed by atoms with van der Waals surface area (Å²) in [6.07, 6.45) is 10.2. The average Bonchev–Trinajstić information content (AvgIpc) is 3.48. The molecule has 4 heteroatoms. The van der Waals surface area contributed by atoms with Gasteiger partial charge in [-0.1, -0.05) is 32.1 Å². The third-order valence-electron chi connectivity index (χ3n) is 4.50. The molecule has 0 aromatic heterocycles. The van der Waals surface area contributed by atoms with E-state index in [9.17, 15) is 0 Å². The number of allylic oxidation sites excluding steroid dienone is 3. The molecular weight excluding hydrogens is 326 g/mol. The van der Waals surface area contributed by atoms with E-state index in [2.05, 4.69) is 25.4 Å². The number of nitrogens with zero attached hydrogens (tertiary/aromatic N) is 1. The van der Waals surface area contributed by atoms with Crippen molar-refractivity contribution in [1.82, 2.24) is 0 Å². The number of benzene rings is 1. The summed E-state index contributed by atoms with van der Waals surface area (Å²) in [5.41, 5.74) is 2.96. The number of aliphatic imine (C=N–C) groups is 1. The van der Waals surface area contributed by atoms with Gasteiger partial charge in [-0.3, -0.25) is 4.99 Å². The molecule has 1 unspecified atom stereocenters. The molecule has 1 heterocycles. The first-order chi connectivity index (χ1) is 12.6. The van der Waals surface area contributed by atoms with Crippen molar-refractivity contribution in [2.24, 2.45) is 10.9 Å². The number of hydrogen-bond acceptors (Lipinski definition) is 4. The highest BCUT2D eigenvalue weighted by Crippen LogP contribution is 2.31. The lowest BCUT2D eigenvalue weighted by atomic mass is 9.95. The van der Waals surface area contributed by atoms with Gasteiger partial charge in [-0.2, -0.15) is 0 Å². The Kier molecular flexibility index (Phi) is 7.67. The van der Waals surface area contributed by atoms with Crippen molar-refractivity contribution >= 4 is 11.9 Å². The van der Waals surface area contributed by atoms with Crippen LogP contribution in [0.2, 0.25) is 0 Å². The molecule has 1 atom stereocenters.